The maximum Gasteiger partial charge on any atom is 0.358 e. The van der Waals surface area contributed by atoms with E-state index < -0.39 is 5.97 Å². The van der Waals surface area contributed by atoms with Crippen LogP contribution in [0.2, 0.25) is 0 Å². The Morgan fingerprint density at radius 3 is 2.74 bits per heavy atom. The van der Waals surface area contributed by atoms with Crippen molar-refractivity contribution in [3.8, 4) is 0 Å². The highest BCUT2D eigenvalue weighted by Crippen LogP contribution is 2.05. The molecule has 0 aromatic carbocycles. The van der Waals surface area contributed by atoms with E-state index in [4.69, 9.17) is 0 Å². The van der Waals surface area contributed by atoms with Crippen LogP contribution in [0.25, 0.3) is 0 Å². The molecule has 19 heavy (non-hydrogen) atoms. The Labute approximate surface area is 109 Å². The van der Waals surface area contributed by atoms with Crippen LogP contribution in [-0.2, 0) is 11.3 Å². The molecule has 0 radical (unpaired) electrons. The van der Waals surface area contributed by atoms with Crippen molar-refractivity contribution in [1.29, 1.82) is 0 Å². The summed E-state index contributed by atoms with van der Waals surface area (Å²) in [4.78, 5) is 29.9. The average molecular weight is 260 g/mol. The van der Waals surface area contributed by atoms with Gasteiger partial charge in [0.1, 0.15) is 0 Å². The Kier molecular flexibility index (Phi) is 3.65. The molecule has 0 bridgehead atoms. The average Bonchev–Trinajstić information content (AvgIpc) is 2.78. The maximum atomic E-state index is 11.2. The summed E-state index contributed by atoms with van der Waals surface area (Å²) < 4.78 is 6.13. The molecule has 0 N–H and O–H groups in total. The van der Waals surface area contributed by atoms with Crippen molar-refractivity contribution in [2.45, 2.75) is 13.5 Å². The van der Waals surface area contributed by atoms with Crippen molar-refractivity contribution in [2.75, 3.05) is 7.11 Å². The Bertz CT molecular complexity index is 604. The van der Waals surface area contributed by atoms with Crippen molar-refractivity contribution in [3.63, 3.8) is 0 Å². The summed E-state index contributed by atoms with van der Waals surface area (Å²) >= 11 is 0. The minimum absolute atomic E-state index is 0.150. The molecule has 0 spiro atoms. The number of aldehydes is 1. The van der Waals surface area contributed by atoms with E-state index in [1.807, 2.05) is 0 Å². The molecule has 0 saturated heterocycles. The monoisotopic (exact) mass is 260 g/mol. The zero-order chi connectivity index (χ0) is 13.8. The number of hydrogen-bond donors (Lipinski definition) is 0. The highest BCUT2D eigenvalue weighted by Gasteiger charge is 2.09. The van der Waals surface area contributed by atoms with Crippen molar-refractivity contribution < 1.29 is 14.3 Å². The van der Waals surface area contributed by atoms with Crippen molar-refractivity contribution >= 4 is 12.3 Å². The van der Waals surface area contributed by atoms with Crippen molar-refractivity contribution in [2.24, 2.45) is 0 Å². The van der Waals surface area contributed by atoms with E-state index in [1.54, 1.807) is 17.8 Å². The van der Waals surface area contributed by atoms with E-state index in [1.165, 1.54) is 19.5 Å². The first-order chi connectivity index (χ1) is 9.13. The highest BCUT2D eigenvalue weighted by molar-refractivity contribution is 5.86. The van der Waals surface area contributed by atoms with Gasteiger partial charge in [0.15, 0.2) is 12.0 Å². The van der Waals surface area contributed by atoms with E-state index in [0.717, 1.165) is 6.29 Å². The lowest BCUT2D eigenvalue weighted by Gasteiger charge is -2.02. The van der Waals surface area contributed by atoms with E-state index in [0.29, 0.717) is 23.5 Å². The van der Waals surface area contributed by atoms with Gasteiger partial charge in [-0.25, -0.2) is 9.78 Å². The molecule has 0 fully saturated rings. The smallest absolute Gasteiger partial charge is 0.358 e. The van der Waals surface area contributed by atoms with Gasteiger partial charge < -0.3 is 4.74 Å². The number of rotatable bonds is 4. The lowest BCUT2D eigenvalue weighted by molar-refractivity contribution is 0.0593. The predicted octanol–water partition coefficient (Wildman–Crippen LogP) is 0.629. The molecule has 0 saturated carbocycles. The van der Waals surface area contributed by atoms with Crippen LogP contribution in [0.3, 0.4) is 0 Å². The number of hydrogen-bond acceptors (Lipinski definition) is 6. The second-order valence-corrected chi connectivity index (χ2v) is 3.87. The molecule has 0 aliphatic carbocycles. The molecule has 2 aromatic rings. The number of methoxy groups -OCH3 is 1. The third-order valence-corrected chi connectivity index (χ3v) is 2.54. The number of aryl methyl sites for hydroxylation is 1. The molecular weight excluding hydrogens is 248 g/mol. The van der Waals surface area contributed by atoms with Crippen LogP contribution in [0.1, 0.15) is 32.2 Å². The van der Waals surface area contributed by atoms with E-state index in [-0.39, 0.29) is 5.69 Å². The van der Waals surface area contributed by atoms with Gasteiger partial charge in [0, 0.05) is 6.20 Å². The van der Waals surface area contributed by atoms with Gasteiger partial charge in [-0.2, -0.15) is 5.10 Å². The summed E-state index contributed by atoms with van der Waals surface area (Å²) in [6.07, 6.45) is 5.21. The lowest BCUT2D eigenvalue weighted by atomic mass is 10.3. The fourth-order valence-electron chi connectivity index (χ4n) is 1.54. The minimum atomic E-state index is -0.530. The van der Waals surface area contributed by atoms with Crippen molar-refractivity contribution in [1.82, 2.24) is 19.7 Å². The van der Waals surface area contributed by atoms with E-state index >= 15 is 0 Å². The fraction of sp³-hybridized carbons (Fsp3) is 0.250. The number of carbonyl (C=O) groups is 2. The van der Waals surface area contributed by atoms with Gasteiger partial charge in [-0.3, -0.25) is 14.5 Å². The van der Waals surface area contributed by atoms with Crippen LogP contribution in [0.15, 0.2) is 18.6 Å². The predicted molar refractivity (Wildman–Crippen MR) is 64.8 cm³/mol. The molecule has 0 amide bonds. The Balaban J connectivity index is 2.14. The van der Waals surface area contributed by atoms with Crippen molar-refractivity contribution in [3.05, 3.63) is 41.2 Å². The van der Waals surface area contributed by atoms with E-state index in [2.05, 4.69) is 19.8 Å². The number of aromatic nitrogens is 4. The lowest BCUT2D eigenvalue weighted by Crippen LogP contribution is -2.08. The first-order valence-corrected chi connectivity index (χ1v) is 5.52. The normalized spacial score (nSPS) is 10.2. The van der Waals surface area contributed by atoms with Gasteiger partial charge in [-0.15, -0.1) is 0 Å². The van der Waals surface area contributed by atoms with Gasteiger partial charge in [0.2, 0.25) is 0 Å². The molecule has 7 nitrogen and oxygen atoms in total. The van der Waals surface area contributed by atoms with Gasteiger partial charge in [-0.1, -0.05) is 0 Å². The minimum Gasteiger partial charge on any atom is -0.464 e. The maximum absolute atomic E-state index is 11.2. The third kappa shape index (κ3) is 2.82. The third-order valence-electron chi connectivity index (χ3n) is 2.54. The second kappa shape index (κ2) is 5.38. The first-order valence-electron chi connectivity index (χ1n) is 5.52. The van der Waals surface area contributed by atoms with E-state index in [9.17, 15) is 9.59 Å². The Morgan fingerprint density at radius 1 is 1.42 bits per heavy atom. The van der Waals surface area contributed by atoms with Crippen LogP contribution in [0, 0.1) is 6.92 Å². The summed E-state index contributed by atoms with van der Waals surface area (Å²) in [6, 6.07) is 0. The molecular formula is C12H12N4O3. The Morgan fingerprint density at radius 2 is 2.21 bits per heavy atom. The number of ether oxygens (including phenoxy) is 1. The van der Waals surface area contributed by atoms with Crippen LogP contribution < -0.4 is 0 Å². The molecule has 0 aliphatic heterocycles. The number of nitrogens with zero attached hydrogens (tertiary/aromatic N) is 4. The molecule has 0 unspecified atom stereocenters. The Hall–Kier alpha value is -2.57. The molecule has 98 valence electrons. The van der Waals surface area contributed by atoms with Gasteiger partial charge in [0.05, 0.1) is 43.0 Å². The quantitative estimate of drug-likeness (QED) is 0.592. The largest absolute Gasteiger partial charge is 0.464 e. The SMILES string of the molecule is COC(=O)c1cnc(Cn2cc(C=O)c(C)n2)cn1. The fourth-order valence-corrected chi connectivity index (χ4v) is 1.54. The number of esters is 1. The summed E-state index contributed by atoms with van der Waals surface area (Å²) in [5, 5.41) is 4.18. The standard InChI is InChI=1S/C12H12N4O3/c1-8-9(7-17)5-16(15-8)6-10-3-14-11(4-13-10)12(18)19-2/h3-5,7H,6H2,1-2H3. The zero-order valence-corrected chi connectivity index (χ0v) is 10.5. The summed E-state index contributed by atoms with van der Waals surface area (Å²) in [6.45, 7) is 2.13. The van der Waals surface area contributed by atoms with Crippen LogP contribution in [0.4, 0.5) is 0 Å². The van der Waals surface area contributed by atoms with Gasteiger partial charge in [0.25, 0.3) is 0 Å². The molecule has 2 heterocycles. The van der Waals surface area contributed by atoms with Gasteiger partial charge >= 0.3 is 5.97 Å². The summed E-state index contributed by atoms with van der Waals surface area (Å²) in [5.41, 5.74) is 1.98. The molecule has 7 heteroatoms. The van der Waals surface area contributed by atoms with Crippen LogP contribution in [-0.4, -0.2) is 39.1 Å². The highest BCUT2D eigenvalue weighted by atomic mass is 16.5. The second-order valence-electron chi connectivity index (χ2n) is 3.87. The summed E-state index contributed by atoms with van der Waals surface area (Å²) in [5.74, 6) is -0.530. The number of carbonyl (C=O) groups excluding carboxylic acids is 2. The molecule has 2 rings (SSSR count). The molecule has 0 atom stereocenters. The topological polar surface area (TPSA) is 87.0 Å². The first kappa shape index (κ1) is 12.9. The summed E-state index contributed by atoms with van der Waals surface area (Å²) in [7, 11) is 1.28. The van der Waals surface area contributed by atoms with Crippen LogP contribution in [0.5, 0.6) is 0 Å². The molecule has 0 aliphatic rings. The van der Waals surface area contributed by atoms with Gasteiger partial charge in [-0.05, 0) is 6.92 Å². The zero-order valence-electron chi connectivity index (χ0n) is 10.5. The van der Waals surface area contributed by atoms with Crippen LogP contribution >= 0.6 is 0 Å². The molecule has 2 aromatic heterocycles.